The van der Waals surface area contributed by atoms with E-state index in [1.54, 1.807) is 0 Å². The molecule has 2 aliphatic rings. The molecule has 33 heavy (non-hydrogen) atoms. The number of aliphatic carboxylic acids is 1. The van der Waals surface area contributed by atoms with E-state index in [0.717, 1.165) is 34.7 Å². The van der Waals surface area contributed by atoms with Crippen molar-refractivity contribution >= 4 is 21.9 Å². The zero-order valence-electron chi connectivity index (χ0n) is 21.0. The van der Waals surface area contributed by atoms with Gasteiger partial charge in [0.1, 0.15) is 0 Å². The van der Waals surface area contributed by atoms with Crippen LogP contribution in [-0.4, -0.2) is 17.2 Å². The molecule has 4 unspecified atom stereocenters. The molecule has 0 radical (unpaired) electrons. The Hall–Kier alpha value is -1.13. The number of ether oxygens (including phenoxy) is 1. The third-order valence-corrected chi connectivity index (χ3v) is 7.79. The molecule has 1 fully saturated rings. The molecule has 0 heterocycles. The van der Waals surface area contributed by atoms with Gasteiger partial charge in [0.15, 0.2) is 0 Å². The monoisotopic (exact) mass is 520 g/mol. The summed E-state index contributed by atoms with van der Waals surface area (Å²) in [6.07, 6.45) is 18.4. The van der Waals surface area contributed by atoms with E-state index in [2.05, 4.69) is 48.9 Å². The number of benzene rings is 1. The number of fused-ring (bicyclic) bond motifs is 2. The van der Waals surface area contributed by atoms with Crippen molar-refractivity contribution in [3.8, 4) is 0 Å². The molecule has 4 atom stereocenters. The molecule has 2 bridgehead atoms. The summed E-state index contributed by atoms with van der Waals surface area (Å²) in [5.41, 5.74) is 1.72. The van der Waals surface area contributed by atoms with Crippen LogP contribution in [0.5, 0.6) is 0 Å². The normalized spacial score (nSPS) is 23.9. The summed E-state index contributed by atoms with van der Waals surface area (Å²) in [5, 5.41) is 8.89. The van der Waals surface area contributed by atoms with E-state index < -0.39 is 5.97 Å². The second-order valence-corrected chi connectivity index (χ2v) is 11.2. The average Bonchev–Trinajstić information content (AvgIpc) is 3.34. The summed E-state index contributed by atoms with van der Waals surface area (Å²) in [6, 6.07) is 8.06. The van der Waals surface area contributed by atoms with E-state index in [4.69, 9.17) is 9.84 Å². The second-order valence-electron chi connectivity index (χ2n) is 10.3. The van der Waals surface area contributed by atoms with Crippen LogP contribution in [0, 0.1) is 17.3 Å². The Morgan fingerprint density at radius 1 is 1.09 bits per heavy atom. The van der Waals surface area contributed by atoms with E-state index in [9.17, 15) is 4.79 Å². The Morgan fingerprint density at radius 2 is 1.79 bits per heavy atom. The zero-order valence-corrected chi connectivity index (χ0v) is 22.6. The Balaban J connectivity index is 0.000000315. The van der Waals surface area contributed by atoms with Crippen molar-refractivity contribution in [1.82, 2.24) is 0 Å². The first-order valence-corrected chi connectivity index (χ1v) is 13.9. The van der Waals surface area contributed by atoms with Crippen LogP contribution >= 0.6 is 15.9 Å². The highest BCUT2D eigenvalue weighted by atomic mass is 79.9. The molecule has 4 heteroatoms. The highest BCUT2D eigenvalue weighted by molar-refractivity contribution is 9.10. The predicted molar refractivity (Wildman–Crippen MR) is 141 cm³/mol. The van der Waals surface area contributed by atoms with E-state index in [1.165, 1.54) is 51.4 Å². The van der Waals surface area contributed by atoms with Crippen molar-refractivity contribution in [2.75, 3.05) is 0 Å². The second kappa shape index (κ2) is 15.0. The quantitative estimate of drug-likeness (QED) is 0.196. The minimum Gasteiger partial charge on any atom is -0.481 e. The molecule has 0 aromatic heterocycles. The summed E-state index contributed by atoms with van der Waals surface area (Å²) < 4.78 is 7.02. The van der Waals surface area contributed by atoms with Gasteiger partial charge in [-0.3, -0.25) is 4.79 Å². The molecule has 3 rings (SSSR count). The average molecular weight is 522 g/mol. The molecular weight excluding hydrogens is 476 g/mol. The maximum atomic E-state index is 10.8. The van der Waals surface area contributed by atoms with Crippen LogP contribution in [0.3, 0.4) is 0 Å². The largest absolute Gasteiger partial charge is 0.481 e. The lowest BCUT2D eigenvalue weighted by molar-refractivity contribution is -0.138. The number of rotatable bonds is 14. The summed E-state index contributed by atoms with van der Waals surface area (Å²) in [5.74, 6) is 1.20. The van der Waals surface area contributed by atoms with E-state index in [1.807, 2.05) is 24.3 Å². The van der Waals surface area contributed by atoms with Crippen LogP contribution in [0.4, 0.5) is 0 Å². The van der Waals surface area contributed by atoms with Gasteiger partial charge in [-0.05, 0) is 60.6 Å². The molecule has 3 nitrogen and oxygen atoms in total. The van der Waals surface area contributed by atoms with Gasteiger partial charge in [-0.1, -0.05) is 106 Å². The number of carbonyl (C=O) groups is 1. The summed E-state index contributed by atoms with van der Waals surface area (Å²) >= 11 is 3.42. The van der Waals surface area contributed by atoms with Gasteiger partial charge in [0, 0.05) is 10.9 Å². The van der Waals surface area contributed by atoms with Crippen LogP contribution in [0.1, 0.15) is 103 Å². The number of unbranched alkanes of at least 4 members (excludes halogenated alkanes) is 5. The number of carboxylic acids is 1. The fraction of sp³-hybridized carbons (Fsp3) is 0.690. The summed E-state index contributed by atoms with van der Waals surface area (Å²) in [7, 11) is 0. The SMILES string of the molecule is CCC1CC2(C)C=CC1C2.CCCCCCCCC(CCC(=O)O)OCc1ccc(Br)cc1. The number of hydrogen-bond donors (Lipinski definition) is 1. The molecule has 1 saturated carbocycles. The van der Waals surface area contributed by atoms with Gasteiger partial charge in [-0.25, -0.2) is 0 Å². The van der Waals surface area contributed by atoms with Crippen molar-refractivity contribution in [3.63, 3.8) is 0 Å². The molecule has 0 spiro atoms. The van der Waals surface area contributed by atoms with Gasteiger partial charge in [-0.2, -0.15) is 0 Å². The maximum Gasteiger partial charge on any atom is 0.303 e. The lowest BCUT2D eigenvalue weighted by Crippen LogP contribution is -2.15. The molecule has 186 valence electrons. The smallest absolute Gasteiger partial charge is 0.303 e. The number of hydrogen-bond acceptors (Lipinski definition) is 2. The molecule has 0 aliphatic heterocycles. The topological polar surface area (TPSA) is 46.5 Å². The summed E-state index contributed by atoms with van der Waals surface area (Å²) in [6.45, 7) is 7.49. The maximum absolute atomic E-state index is 10.8. The Bertz CT molecular complexity index is 714. The minimum absolute atomic E-state index is 0.0425. The standard InChI is InChI=1S/C19H29BrO3.C10H16/c1-2-3-4-5-6-7-8-18(13-14-19(21)22)23-15-16-9-11-17(20)12-10-16;1-3-8-6-10(2)5-4-9(8)7-10/h9-12,18H,2-8,13-15H2,1H3,(H,21,22);4-5,8-9H,3,6-7H2,1-2H3. The van der Waals surface area contributed by atoms with Crippen molar-refractivity contribution in [2.45, 2.75) is 111 Å². The molecule has 0 saturated heterocycles. The van der Waals surface area contributed by atoms with Crippen LogP contribution in [-0.2, 0) is 16.1 Å². The third-order valence-electron chi connectivity index (χ3n) is 7.26. The lowest BCUT2D eigenvalue weighted by Gasteiger charge is -2.20. The van der Waals surface area contributed by atoms with Crippen LogP contribution in [0.2, 0.25) is 0 Å². The van der Waals surface area contributed by atoms with Gasteiger partial charge in [0.2, 0.25) is 0 Å². The highest BCUT2D eigenvalue weighted by Gasteiger charge is 2.42. The molecular formula is C29H45BrO3. The highest BCUT2D eigenvalue weighted by Crippen LogP contribution is 2.52. The first-order valence-electron chi connectivity index (χ1n) is 13.1. The van der Waals surface area contributed by atoms with E-state index in [0.29, 0.717) is 18.4 Å². The van der Waals surface area contributed by atoms with Gasteiger partial charge >= 0.3 is 5.97 Å². The number of halogens is 1. The van der Waals surface area contributed by atoms with Crippen molar-refractivity contribution in [1.29, 1.82) is 0 Å². The predicted octanol–water partition coefficient (Wildman–Crippen LogP) is 8.95. The van der Waals surface area contributed by atoms with Crippen LogP contribution in [0.25, 0.3) is 0 Å². The summed E-state index contributed by atoms with van der Waals surface area (Å²) in [4.78, 5) is 10.8. The van der Waals surface area contributed by atoms with Gasteiger partial charge in [-0.15, -0.1) is 0 Å². The molecule has 2 aliphatic carbocycles. The number of carboxylic acid groups (broad SMARTS) is 1. The Morgan fingerprint density at radius 3 is 2.33 bits per heavy atom. The number of allylic oxidation sites excluding steroid dienone is 2. The first-order chi connectivity index (χ1) is 15.8. The zero-order chi connectivity index (χ0) is 24.1. The van der Waals surface area contributed by atoms with Gasteiger partial charge < -0.3 is 9.84 Å². The van der Waals surface area contributed by atoms with Gasteiger partial charge in [0.05, 0.1) is 12.7 Å². The Kier molecular flexibility index (Phi) is 12.8. The molecule has 0 amide bonds. The van der Waals surface area contributed by atoms with E-state index in [-0.39, 0.29) is 12.5 Å². The fourth-order valence-corrected chi connectivity index (χ4v) is 5.51. The lowest BCUT2D eigenvalue weighted by atomic mass is 9.85. The van der Waals surface area contributed by atoms with Crippen molar-refractivity contribution < 1.29 is 14.6 Å². The molecule has 1 aromatic carbocycles. The fourth-order valence-electron chi connectivity index (χ4n) is 5.25. The minimum atomic E-state index is -0.745. The molecule has 1 aromatic rings. The van der Waals surface area contributed by atoms with Crippen molar-refractivity contribution in [2.24, 2.45) is 17.3 Å². The first kappa shape index (κ1) is 28.1. The molecule has 1 N–H and O–H groups in total. The van der Waals surface area contributed by atoms with Gasteiger partial charge in [0.25, 0.3) is 0 Å². The van der Waals surface area contributed by atoms with Crippen LogP contribution < -0.4 is 0 Å². The van der Waals surface area contributed by atoms with Crippen molar-refractivity contribution in [3.05, 3.63) is 46.5 Å². The third kappa shape index (κ3) is 10.8. The van der Waals surface area contributed by atoms with Crippen LogP contribution in [0.15, 0.2) is 40.9 Å². The van der Waals surface area contributed by atoms with E-state index >= 15 is 0 Å². The Labute approximate surface area is 210 Å².